The number of carbonyl (C=O) groups excluding carboxylic acids is 1. The number of rotatable bonds is 4. The van der Waals surface area contributed by atoms with Gasteiger partial charge in [-0.15, -0.1) is 6.42 Å². The molecular formula is C15H18O2. The molecule has 0 spiro atoms. The number of hydrogen-bond donors (Lipinski definition) is 0. The van der Waals surface area contributed by atoms with Crippen molar-refractivity contribution in [2.75, 3.05) is 6.61 Å². The first-order valence-corrected chi connectivity index (χ1v) is 5.60. The number of hydrogen-bond acceptors (Lipinski definition) is 2. The third-order valence-electron chi connectivity index (χ3n) is 2.46. The van der Waals surface area contributed by atoms with Crippen LogP contribution in [-0.2, 0) is 16.1 Å². The smallest absolute Gasteiger partial charge is 0.163 e. The third-order valence-corrected chi connectivity index (χ3v) is 2.46. The van der Waals surface area contributed by atoms with Gasteiger partial charge in [-0.05, 0) is 17.7 Å². The van der Waals surface area contributed by atoms with Crippen LogP contribution in [0.3, 0.4) is 0 Å². The summed E-state index contributed by atoms with van der Waals surface area (Å²) in [7, 11) is 0. The Hall–Kier alpha value is -1.59. The van der Waals surface area contributed by atoms with Gasteiger partial charge in [0, 0.05) is 11.0 Å². The number of terminal acetylenes is 1. The molecule has 2 nitrogen and oxygen atoms in total. The average molecular weight is 230 g/mol. The predicted molar refractivity (Wildman–Crippen MR) is 68.5 cm³/mol. The minimum atomic E-state index is -0.340. The Morgan fingerprint density at radius 3 is 2.35 bits per heavy atom. The number of ether oxygens (including phenoxy) is 1. The zero-order valence-electron chi connectivity index (χ0n) is 10.6. The summed E-state index contributed by atoms with van der Waals surface area (Å²) < 4.78 is 5.38. The predicted octanol–water partition coefficient (Wildman–Crippen LogP) is 2.80. The molecule has 0 aliphatic carbocycles. The van der Waals surface area contributed by atoms with Crippen LogP contribution in [0.15, 0.2) is 24.3 Å². The lowest BCUT2D eigenvalue weighted by Crippen LogP contribution is -2.24. The van der Waals surface area contributed by atoms with E-state index < -0.39 is 0 Å². The van der Waals surface area contributed by atoms with Crippen molar-refractivity contribution in [2.24, 2.45) is 5.41 Å². The van der Waals surface area contributed by atoms with Crippen LogP contribution in [0.1, 0.15) is 31.9 Å². The van der Waals surface area contributed by atoms with Crippen LogP contribution in [-0.4, -0.2) is 12.4 Å². The van der Waals surface area contributed by atoms with Crippen LogP contribution in [0.4, 0.5) is 0 Å². The molecule has 0 N–H and O–H groups in total. The SMILES string of the molecule is C#Cc1ccc(COCC(=O)C(C)(C)C)cc1. The quantitative estimate of drug-likeness (QED) is 0.743. The molecule has 0 saturated heterocycles. The van der Waals surface area contributed by atoms with Crippen molar-refractivity contribution in [3.05, 3.63) is 35.4 Å². The average Bonchev–Trinajstić information content (AvgIpc) is 2.28. The fraction of sp³-hybridized carbons (Fsp3) is 0.400. The second kappa shape index (κ2) is 5.65. The van der Waals surface area contributed by atoms with Crippen molar-refractivity contribution in [3.8, 4) is 12.3 Å². The van der Waals surface area contributed by atoms with Gasteiger partial charge in [0.2, 0.25) is 0 Å². The van der Waals surface area contributed by atoms with Gasteiger partial charge >= 0.3 is 0 Å². The maximum absolute atomic E-state index is 11.6. The van der Waals surface area contributed by atoms with Crippen molar-refractivity contribution < 1.29 is 9.53 Å². The summed E-state index contributed by atoms with van der Waals surface area (Å²) in [5.74, 6) is 2.66. The highest BCUT2D eigenvalue weighted by Crippen LogP contribution is 2.15. The van der Waals surface area contributed by atoms with Gasteiger partial charge in [0.1, 0.15) is 6.61 Å². The van der Waals surface area contributed by atoms with Crippen molar-refractivity contribution in [3.63, 3.8) is 0 Å². The molecule has 0 amide bonds. The van der Waals surface area contributed by atoms with Gasteiger partial charge in [0.25, 0.3) is 0 Å². The first-order valence-electron chi connectivity index (χ1n) is 5.60. The number of ketones is 1. The van der Waals surface area contributed by atoms with Gasteiger partial charge in [-0.1, -0.05) is 38.8 Å². The zero-order chi connectivity index (χ0) is 12.9. The van der Waals surface area contributed by atoms with Crippen LogP contribution in [0.25, 0.3) is 0 Å². The Balaban J connectivity index is 2.41. The molecule has 1 aromatic rings. The van der Waals surface area contributed by atoms with E-state index in [0.29, 0.717) is 6.61 Å². The minimum absolute atomic E-state index is 0.109. The molecule has 0 radical (unpaired) electrons. The molecule has 0 aliphatic heterocycles. The molecule has 0 aliphatic rings. The molecule has 0 bridgehead atoms. The van der Waals surface area contributed by atoms with Crippen molar-refractivity contribution in [1.82, 2.24) is 0 Å². The van der Waals surface area contributed by atoms with E-state index >= 15 is 0 Å². The lowest BCUT2D eigenvalue weighted by atomic mass is 9.91. The van der Waals surface area contributed by atoms with E-state index in [9.17, 15) is 4.79 Å². The van der Waals surface area contributed by atoms with Gasteiger partial charge < -0.3 is 4.74 Å². The second-order valence-corrected chi connectivity index (χ2v) is 5.01. The third kappa shape index (κ3) is 4.42. The molecule has 0 atom stereocenters. The Kier molecular flexibility index (Phi) is 4.48. The van der Waals surface area contributed by atoms with Gasteiger partial charge in [-0.3, -0.25) is 4.79 Å². The minimum Gasteiger partial charge on any atom is -0.369 e. The molecule has 90 valence electrons. The number of carbonyl (C=O) groups is 1. The van der Waals surface area contributed by atoms with Gasteiger partial charge in [-0.25, -0.2) is 0 Å². The van der Waals surface area contributed by atoms with Gasteiger partial charge in [0.15, 0.2) is 5.78 Å². The Labute approximate surface area is 103 Å². The topological polar surface area (TPSA) is 26.3 Å². The summed E-state index contributed by atoms with van der Waals surface area (Å²) in [6.45, 7) is 6.26. The zero-order valence-corrected chi connectivity index (χ0v) is 10.6. The highest BCUT2D eigenvalue weighted by atomic mass is 16.5. The normalized spacial score (nSPS) is 10.9. The van der Waals surface area contributed by atoms with Gasteiger partial charge in [0.05, 0.1) is 6.61 Å². The van der Waals surface area contributed by atoms with Crippen LogP contribution in [0.5, 0.6) is 0 Å². The van der Waals surface area contributed by atoms with E-state index in [4.69, 9.17) is 11.2 Å². The number of benzene rings is 1. The maximum Gasteiger partial charge on any atom is 0.163 e. The molecule has 0 heterocycles. The monoisotopic (exact) mass is 230 g/mol. The van der Waals surface area contributed by atoms with E-state index in [1.54, 1.807) is 0 Å². The first kappa shape index (κ1) is 13.5. The molecule has 0 aromatic heterocycles. The van der Waals surface area contributed by atoms with Gasteiger partial charge in [-0.2, -0.15) is 0 Å². The lowest BCUT2D eigenvalue weighted by Gasteiger charge is -2.16. The molecule has 0 saturated carbocycles. The van der Waals surface area contributed by atoms with Crippen LogP contribution in [0.2, 0.25) is 0 Å². The summed E-state index contributed by atoms with van der Waals surface area (Å²) in [6.07, 6.45) is 5.26. The van der Waals surface area contributed by atoms with Crippen molar-refractivity contribution in [2.45, 2.75) is 27.4 Å². The van der Waals surface area contributed by atoms with E-state index in [1.165, 1.54) is 0 Å². The molecule has 0 fully saturated rings. The Morgan fingerprint density at radius 1 is 1.29 bits per heavy atom. The molecule has 2 heteroatoms. The van der Waals surface area contributed by atoms with E-state index in [0.717, 1.165) is 11.1 Å². The highest BCUT2D eigenvalue weighted by Gasteiger charge is 2.20. The number of Topliss-reactive ketones (excluding diaryl/α,β-unsaturated/α-hetero) is 1. The van der Waals surface area contributed by atoms with E-state index in [2.05, 4.69) is 5.92 Å². The van der Waals surface area contributed by atoms with E-state index in [1.807, 2.05) is 45.0 Å². The first-order chi connectivity index (χ1) is 7.93. The summed E-state index contributed by atoms with van der Waals surface area (Å²) in [6, 6.07) is 7.56. The fourth-order valence-corrected chi connectivity index (χ4v) is 1.18. The molecule has 17 heavy (non-hydrogen) atoms. The molecule has 1 aromatic carbocycles. The molecule has 1 rings (SSSR count). The standard InChI is InChI=1S/C15H18O2/c1-5-12-6-8-13(9-7-12)10-17-11-14(16)15(2,3)4/h1,6-9H,10-11H2,2-4H3. The van der Waals surface area contributed by atoms with Crippen molar-refractivity contribution >= 4 is 5.78 Å². The molecule has 0 unspecified atom stereocenters. The summed E-state index contributed by atoms with van der Waals surface area (Å²) in [5.41, 5.74) is 1.53. The van der Waals surface area contributed by atoms with Crippen LogP contribution >= 0.6 is 0 Å². The Bertz CT molecular complexity index is 416. The Morgan fingerprint density at radius 2 is 1.88 bits per heavy atom. The molecular weight excluding hydrogens is 212 g/mol. The summed E-state index contributed by atoms with van der Waals surface area (Å²) in [4.78, 5) is 11.6. The highest BCUT2D eigenvalue weighted by molar-refractivity contribution is 5.84. The second-order valence-electron chi connectivity index (χ2n) is 5.01. The lowest BCUT2D eigenvalue weighted by molar-refractivity contribution is -0.131. The van der Waals surface area contributed by atoms with Crippen LogP contribution in [0, 0.1) is 17.8 Å². The van der Waals surface area contributed by atoms with E-state index in [-0.39, 0.29) is 17.8 Å². The summed E-state index contributed by atoms with van der Waals surface area (Å²) >= 11 is 0. The maximum atomic E-state index is 11.6. The van der Waals surface area contributed by atoms with Crippen LogP contribution < -0.4 is 0 Å². The fourth-order valence-electron chi connectivity index (χ4n) is 1.18. The van der Waals surface area contributed by atoms with Crippen molar-refractivity contribution in [1.29, 1.82) is 0 Å². The largest absolute Gasteiger partial charge is 0.369 e. The summed E-state index contributed by atoms with van der Waals surface area (Å²) in [5, 5.41) is 0.